The molecule has 0 fully saturated rings. The third-order valence-electron chi connectivity index (χ3n) is 4.02. The van der Waals surface area contributed by atoms with Crippen LogP contribution in [-0.4, -0.2) is 18.1 Å². The number of anilines is 1. The molecule has 0 aliphatic rings. The van der Waals surface area contributed by atoms with Crippen LogP contribution in [0.4, 0.5) is 5.69 Å². The summed E-state index contributed by atoms with van der Waals surface area (Å²) in [6.45, 7) is 4.03. The van der Waals surface area contributed by atoms with Crippen molar-refractivity contribution < 1.29 is 9.53 Å². The van der Waals surface area contributed by atoms with Crippen molar-refractivity contribution in [2.75, 3.05) is 12.4 Å². The number of carbonyl (C=O) groups is 1. The van der Waals surface area contributed by atoms with Gasteiger partial charge in [-0.2, -0.15) is 0 Å². The van der Waals surface area contributed by atoms with Gasteiger partial charge in [0.05, 0.1) is 12.7 Å². The molecule has 0 saturated carbocycles. The molecule has 0 aliphatic heterocycles. The average molecular weight is 364 g/mol. The first kappa shape index (κ1) is 17.9. The van der Waals surface area contributed by atoms with Gasteiger partial charge in [0.2, 0.25) is 0 Å². The van der Waals surface area contributed by atoms with Crippen molar-refractivity contribution in [1.82, 2.24) is 5.32 Å². The molecule has 3 rings (SSSR count). The fourth-order valence-electron chi connectivity index (χ4n) is 2.95. The zero-order chi connectivity index (χ0) is 18.7. The smallest absolute Gasteiger partial charge is 0.261 e. The summed E-state index contributed by atoms with van der Waals surface area (Å²) in [5.41, 5.74) is 3.53. The van der Waals surface area contributed by atoms with E-state index in [0.717, 1.165) is 27.6 Å². The molecule has 1 amide bonds. The number of hydrogen-bond acceptors (Lipinski definition) is 3. The molecule has 0 heterocycles. The molecule has 0 aromatic heterocycles. The molecule has 5 heteroatoms. The molecule has 4 nitrogen and oxygen atoms in total. The number of methoxy groups -OCH3 is 1. The maximum absolute atomic E-state index is 12.7. The maximum atomic E-state index is 12.7. The van der Waals surface area contributed by atoms with Crippen molar-refractivity contribution in [3.63, 3.8) is 0 Å². The van der Waals surface area contributed by atoms with E-state index in [-0.39, 0.29) is 11.0 Å². The Morgan fingerprint density at radius 2 is 1.58 bits per heavy atom. The lowest BCUT2D eigenvalue weighted by Gasteiger charge is -2.13. The molecule has 0 aliphatic carbocycles. The zero-order valence-corrected chi connectivity index (χ0v) is 15.7. The van der Waals surface area contributed by atoms with E-state index < -0.39 is 0 Å². The quantitative estimate of drug-likeness (QED) is 0.667. The van der Waals surface area contributed by atoms with Crippen LogP contribution in [0.2, 0.25) is 0 Å². The second kappa shape index (κ2) is 7.54. The number of thiocarbonyl (C=S) groups is 1. The Kier molecular flexibility index (Phi) is 5.19. The van der Waals surface area contributed by atoms with Crippen molar-refractivity contribution in [3.05, 3.63) is 71.3 Å². The van der Waals surface area contributed by atoms with Gasteiger partial charge in [-0.1, -0.05) is 30.3 Å². The van der Waals surface area contributed by atoms with Crippen molar-refractivity contribution >= 4 is 39.7 Å². The van der Waals surface area contributed by atoms with Gasteiger partial charge in [0.25, 0.3) is 5.91 Å². The largest absolute Gasteiger partial charge is 0.496 e. The van der Waals surface area contributed by atoms with Gasteiger partial charge < -0.3 is 10.1 Å². The van der Waals surface area contributed by atoms with Crippen molar-refractivity contribution in [2.24, 2.45) is 0 Å². The zero-order valence-electron chi connectivity index (χ0n) is 14.9. The van der Waals surface area contributed by atoms with E-state index in [4.69, 9.17) is 17.0 Å². The van der Waals surface area contributed by atoms with Crippen LogP contribution in [0.15, 0.2) is 54.6 Å². The molecule has 0 unspecified atom stereocenters. The molecule has 0 atom stereocenters. The first-order chi connectivity index (χ1) is 12.5. The second-order valence-electron chi connectivity index (χ2n) is 6.18. The number of carbonyl (C=O) groups excluding carboxylic acids is 1. The molecule has 0 radical (unpaired) electrons. The summed E-state index contributed by atoms with van der Waals surface area (Å²) >= 11 is 5.29. The van der Waals surface area contributed by atoms with Crippen LogP contribution >= 0.6 is 12.2 Å². The summed E-state index contributed by atoms with van der Waals surface area (Å²) in [7, 11) is 1.55. The van der Waals surface area contributed by atoms with E-state index in [2.05, 4.69) is 16.7 Å². The predicted octanol–water partition coefficient (Wildman–Crippen LogP) is 4.59. The number of rotatable bonds is 3. The molecule has 3 aromatic rings. The van der Waals surface area contributed by atoms with Gasteiger partial charge in [-0.25, -0.2) is 0 Å². The standard InChI is InChI=1S/C21H20N2O2S/c1-13-8-14(2)10-17(9-13)22-21(26)23-20(24)18-11-15-6-4-5-7-16(15)12-19(18)25-3/h4-12H,1-3H3,(H2,22,23,24,26). The van der Waals surface area contributed by atoms with Gasteiger partial charge in [0, 0.05) is 5.69 Å². The van der Waals surface area contributed by atoms with E-state index >= 15 is 0 Å². The number of amides is 1. The van der Waals surface area contributed by atoms with Crippen LogP contribution in [0.5, 0.6) is 5.75 Å². The van der Waals surface area contributed by atoms with Gasteiger partial charge in [0.15, 0.2) is 5.11 Å². The highest BCUT2D eigenvalue weighted by Crippen LogP contribution is 2.26. The van der Waals surface area contributed by atoms with Gasteiger partial charge >= 0.3 is 0 Å². The number of hydrogen-bond donors (Lipinski definition) is 2. The number of benzene rings is 3. The SMILES string of the molecule is COc1cc2ccccc2cc1C(=O)NC(=S)Nc1cc(C)cc(C)c1. The summed E-state index contributed by atoms with van der Waals surface area (Å²) in [5, 5.41) is 8.00. The fourth-order valence-corrected chi connectivity index (χ4v) is 3.16. The maximum Gasteiger partial charge on any atom is 0.261 e. The summed E-state index contributed by atoms with van der Waals surface area (Å²) < 4.78 is 5.38. The van der Waals surface area contributed by atoms with Crippen molar-refractivity contribution in [2.45, 2.75) is 13.8 Å². The third-order valence-corrected chi connectivity index (χ3v) is 4.22. The van der Waals surface area contributed by atoms with Gasteiger partial charge in [-0.15, -0.1) is 0 Å². The Hall–Kier alpha value is -2.92. The lowest BCUT2D eigenvalue weighted by Crippen LogP contribution is -2.34. The number of fused-ring (bicyclic) bond motifs is 1. The van der Waals surface area contributed by atoms with E-state index in [1.807, 2.05) is 62.4 Å². The summed E-state index contributed by atoms with van der Waals surface area (Å²) in [6, 6.07) is 17.5. The lowest BCUT2D eigenvalue weighted by molar-refractivity contribution is 0.0975. The monoisotopic (exact) mass is 364 g/mol. The highest BCUT2D eigenvalue weighted by Gasteiger charge is 2.15. The summed E-state index contributed by atoms with van der Waals surface area (Å²) in [6.07, 6.45) is 0. The van der Waals surface area contributed by atoms with Gasteiger partial charge in [-0.05, 0) is 72.2 Å². The molecule has 0 bridgehead atoms. The van der Waals surface area contributed by atoms with E-state index in [1.54, 1.807) is 7.11 Å². The van der Waals surface area contributed by atoms with Crippen molar-refractivity contribution in [3.8, 4) is 5.75 Å². The fraction of sp³-hybridized carbons (Fsp3) is 0.143. The third kappa shape index (κ3) is 4.00. The second-order valence-corrected chi connectivity index (χ2v) is 6.59. The van der Waals surface area contributed by atoms with E-state index in [1.165, 1.54) is 0 Å². The first-order valence-electron chi connectivity index (χ1n) is 8.23. The van der Waals surface area contributed by atoms with Crippen LogP contribution < -0.4 is 15.4 Å². The molecular weight excluding hydrogens is 344 g/mol. The average Bonchev–Trinajstić information content (AvgIpc) is 2.59. The normalized spacial score (nSPS) is 10.4. The van der Waals surface area contributed by atoms with Gasteiger partial charge in [0.1, 0.15) is 5.75 Å². The first-order valence-corrected chi connectivity index (χ1v) is 8.64. The molecule has 132 valence electrons. The van der Waals surface area contributed by atoms with Crippen LogP contribution in [0.3, 0.4) is 0 Å². The minimum Gasteiger partial charge on any atom is -0.496 e. The number of nitrogens with one attached hydrogen (secondary N) is 2. The Bertz CT molecular complexity index is 978. The highest BCUT2D eigenvalue weighted by atomic mass is 32.1. The van der Waals surface area contributed by atoms with E-state index in [0.29, 0.717) is 11.3 Å². The van der Waals surface area contributed by atoms with Crippen molar-refractivity contribution in [1.29, 1.82) is 0 Å². The predicted molar refractivity (Wildman–Crippen MR) is 110 cm³/mol. The number of aryl methyl sites for hydroxylation is 2. The highest BCUT2D eigenvalue weighted by molar-refractivity contribution is 7.80. The number of ether oxygens (including phenoxy) is 1. The van der Waals surface area contributed by atoms with E-state index in [9.17, 15) is 4.79 Å². The topological polar surface area (TPSA) is 50.4 Å². The Morgan fingerprint density at radius 1 is 0.962 bits per heavy atom. The Balaban J connectivity index is 1.80. The van der Waals surface area contributed by atoms with Crippen LogP contribution in [-0.2, 0) is 0 Å². The molecule has 26 heavy (non-hydrogen) atoms. The van der Waals surface area contributed by atoms with Crippen LogP contribution in [0.25, 0.3) is 10.8 Å². The molecule has 0 spiro atoms. The summed E-state index contributed by atoms with van der Waals surface area (Å²) in [5.74, 6) is 0.199. The molecule has 3 aromatic carbocycles. The Morgan fingerprint density at radius 3 is 2.19 bits per heavy atom. The minimum absolute atomic E-state index is 0.246. The lowest BCUT2D eigenvalue weighted by atomic mass is 10.1. The van der Waals surface area contributed by atoms with Crippen LogP contribution in [0, 0.1) is 13.8 Å². The minimum atomic E-state index is -0.311. The molecule has 2 N–H and O–H groups in total. The molecule has 0 saturated heterocycles. The van der Waals surface area contributed by atoms with Crippen LogP contribution in [0.1, 0.15) is 21.5 Å². The summed E-state index contributed by atoms with van der Waals surface area (Å²) in [4.78, 5) is 12.7. The van der Waals surface area contributed by atoms with Gasteiger partial charge in [-0.3, -0.25) is 10.1 Å². The Labute approximate surface area is 158 Å². The molecular formula is C21H20N2O2S.